The Kier molecular flexibility index (Phi) is 7.06. The molecule has 2 atom stereocenters. The Labute approximate surface area is 151 Å². The number of nitrogens with zero attached hydrogens (tertiary/aromatic N) is 1. The number of aryl methyl sites for hydroxylation is 1. The quantitative estimate of drug-likeness (QED) is 0.720. The molecule has 1 heterocycles. The summed E-state index contributed by atoms with van der Waals surface area (Å²) in [7, 11) is 0. The van der Waals surface area contributed by atoms with E-state index in [1.54, 1.807) is 0 Å². The van der Waals surface area contributed by atoms with Gasteiger partial charge in [0.25, 0.3) is 0 Å². The Balaban J connectivity index is 1.96. The van der Waals surface area contributed by atoms with E-state index < -0.39 is 0 Å². The van der Waals surface area contributed by atoms with E-state index in [2.05, 4.69) is 68.0 Å². The molecule has 0 aliphatic carbocycles. The molecule has 0 fully saturated rings. The molecule has 1 aromatic heterocycles. The molecule has 0 aliphatic heterocycles. The van der Waals surface area contributed by atoms with Crippen LogP contribution >= 0.6 is 0 Å². The van der Waals surface area contributed by atoms with Crippen LogP contribution in [0.4, 0.5) is 0 Å². The molecule has 4 nitrogen and oxygen atoms in total. The van der Waals surface area contributed by atoms with E-state index in [0.717, 1.165) is 19.3 Å². The van der Waals surface area contributed by atoms with Gasteiger partial charge in [-0.2, -0.15) is 0 Å². The van der Waals surface area contributed by atoms with Gasteiger partial charge in [0.15, 0.2) is 0 Å². The number of nitrogens with one attached hydrogen (secondary N) is 1. The lowest BCUT2D eigenvalue weighted by Crippen LogP contribution is -2.41. The van der Waals surface area contributed by atoms with Crippen LogP contribution in [0.1, 0.15) is 58.6 Å². The minimum Gasteiger partial charge on any atom is -0.394 e. The maximum atomic E-state index is 12.2. The summed E-state index contributed by atoms with van der Waals surface area (Å²) in [4.78, 5) is 12.2. The minimum atomic E-state index is -0.139. The van der Waals surface area contributed by atoms with Gasteiger partial charge in [-0.1, -0.05) is 38.5 Å². The van der Waals surface area contributed by atoms with Crippen LogP contribution in [0, 0.1) is 5.92 Å². The number of amides is 1. The van der Waals surface area contributed by atoms with Crippen molar-refractivity contribution in [1.82, 2.24) is 9.88 Å². The highest BCUT2D eigenvalue weighted by Gasteiger charge is 2.17. The molecule has 1 amide bonds. The highest BCUT2D eigenvalue weighted by Crippen LogP contribution is 2.25. The number of carbonyl (C=O) groups excluding carboxylic acids is 1. The average Bonchev–Trinajstić information content (AvgIpc) is 2.98. The monoisotopic (exact) mass is 344 g/mol. The number of rotatable bonds is 9. The molecule has 2 N–H and O–H groups in total. The Morgan fingerprint density at radius 1 is 1.24 bits per heavy atom. The zero-order valence-corrected chi connectivity index (χ0v) is 16.0. The first kappa shape index (κ1) is 19.5. The summed E-state index contributed by atoms with van der Waals surface area (Å²) >= 11 is 0. The van der Waals surface area contributed by atoms with Crippen LogP contribution in [-0.4, -0.2) is 28.2 Å². The van der Waals surface area contributed by atoms with Gasteiger partial charge in [0.2, 0.25) is 5.91 Å². The number of aliphatic hydroxyl groups is 1. The van der Waals surface area contributed by atoms with Gasteiger partial charge < -0.3 is 15.0 Å². The lowest BCUT2D eigenvalue weighted by atomic mass is 9.99. The number of hydrogen-bond donors (Lipinski definition) is 2. The largest absolute Gasteiger partial charge is 0.394 e. The van der Waals surface area contributed by atoms with Crippen molar-refractivity contribution in [1.29, 1.82) is 0 Å². The molecule has 0 saturated heterocycles. The molecule has 0 unspecified atom stereocenters. The number of hydrogen-bond acceptors (Lipinski definition) is 2. The second kappa shape index (κ2) is 9.04. The van der Waals surface area contributed by atoms with Crippen LogP contribution in [0.3, 0.4) is 0 Å². The third-order valence-corrected chi connectivity index (χ3v) is 5.10. The zero-order valence-electron chi connectivity index (χ0n) is 16.0. The normalized spacial score (nSPS) is 14.0. The first-order valence-corrected chi connectivity index (χ1v) is 9.46. The van der Waals surface area contributed by atoms with E-state index >= 15 is 0 Å². The van der Waals surface area contributed by atoms with Gasteiger partial charge in [-0.15, -0.1) is 0 Å². The van der Waals surface area contributed by atoms with E-state index in [1.807, 2.05) is 0 Å². The van der Waals surface area contributed by atoms with Gasteiger partial charge >= 0.3 is 0 Å². The summed E-state index contributed by atoms with van der Waals surface area (Å²) in [5.74, 6) is 0.324. The first-order valence-electron chi connectivity index (χ1n) is 9.46. The van der Waals surface area contributed by atoms with E-state index in [4.69, 9.17) is 0 Å². The molecule has 0 spiro atoms. The number of benzene rings is 1. The predicted octanol–water partition coefficient (Wildman–Crippen LogP) is 4.07. The summed E-state index contributed by atoms with van der Waals surface area (Å²) in [6.45, 7) is 8.51. The summed E-state index contributed by atoms with van der Waals surface area (Å²) in [5.41, 5.74) is 2.56. The molecule has 2 aromatic rings. The fourth-order valence-corrected chi connectivity index (χ4v) is 3.27. The average molecular weight is 344 g/mol. The summed E-state index contributed by atoms with van der Waals surface area (Å²) in [6.07, 6.45) is 5.37. The standard InChI is InChI=1S/C21H32N2O2/c1-5-16(4)19(14-24)22-21(25)12-8-9-17-13-23(15(2)3)20-11-7-6-10-18(17)20/h6-7,10-11,13,15-16,19,24H,5,8-9,12,14H2,1-4H3,(H,22,25)/t16-,19-/m0/s1. The molecule has 0 aliphatic rings. The molecular formula is C21H32N2O2. The molecular weight excluding hydrogens is 312 g/mol. The van der Waals surface area contributed by atoms with Crippen molar-refractivity contribution in [3.8, 4) is 0 Å². The second-order valence-electron chi connectivity index (χ2n) is 7.27. The Bertz CT molecular complexity index is 690. The van der Waals surface area contributed by atoms with E-state index in [1.165, 1.54) is 16.5 Å². The Morgan fingerprint density at radius 3 is 2.60 bits per heavy atom. The van der Waals surface area contributed by atoms with Crippen LogP contribution in [0.5, 0.6) is 0 Å². The van der Waals surface area contributed by atoms with Gasteiger partial charge in [0.1, 0.15) is 0 Å². The first-order chi connectivity index (χ1) is 12.0. The lowest BCUT2D eigenvalue weighted by molar-refractivity contribution is -0.122. The van der Waals surface area contributed by atoms with E-state index in [0.29, 0.717) is 12.5 Å². The molecule has 25 heavy (non-hydrogen) atoms. The topological polar surface area (TPSA) is 54.3 Å². The van der Waals surface area contributed by atoms with E-state index in [9.17, 15) is 9.90 Å². The summed E-state index contributed by atoms with van der Waals surface area (Å²) in [5, 5.41) is 13.7. The second-order valence-corrected chi connectivity index (χ2v) is 7.27. The third-order valence-electron chi connectivity index (χ3n) is 5.10. The zero-order chi connectivity index (χ0) is 18.4. The third kappa shape index (κ3) is 4.85. The Hall–Kier alpha value is -1.81. The van der Waals surface area contributed by atoms with Crippen molar-refractivity contribution in [2.24, 2.45) is 5.92 Å². The lowest BCUT2D eigenvalue weighted by Gasteiger charge is -2.22. The van der Waals surface area contributed by atoms with Gasteiger partial charge in [-0.3, -0.25) is 4.79 Å². The fourth-order valence-electron chi connectivity index (χ4n) is 3.27. The number of aliphatic hydroxyl groups excluding tert-OH is 1. The van der Waals surface area contributed by atoms with Crippen molar-refractivity contribution < 1.29 is 9.90 Å². The molecule has 0 saturated carbocycles. The highest BCUT2D eigenvalue weighted by molar-refractivity contribution is 5.84. The highest BCUT2D eigenvalue weighted by atomic mass is 16.3. The van der Waals surface area contributed by atoms with Crippen LogP contribution < -0.4 is 5.32 Å². The Morgan fingerprint density at radius 2 is 1.96 bits per heavy atom. The summed E-state index contributed by atoms with van der Waals surface area (Å²) in [6, 6.07) is 8.74. The van der Waals surface area contributed by atoms with Gasteiger partial charge in [-0.05, 0) is 44.2 Å². The fraction of sp³-hybridized carbons (Fsp3) is 0.571. The van der Waals surface area contributed by atoms with Crippen LogP contribution in [0.2, 0.25) is 0 Å². The number of aromatic nitrogens is 1. The number of fused-ring (bicyclic) bond motifs is 1. The van der Waals surface area contributed by atoms with Crippen molar-refractivity contribution in [3.63, 3.8) is 0 Å². The SMILES string of the molecule is CC[C@H](C)[C@H](CO)NC(=O)CCCc1cn(C(C)C)c2ccccc12. The van der Waals surface area contributed by atoms with Crippen LogP contribution in [0.15, 0.2) is 30.5 Å². The van der Waals surface area contributed by atoms with Crippen LogP contribution in [0.25, 0.3) is 10.9 Å². The van der Waals surface area contributed by atoms with Crippen molar-refractivity contribution in [2.75, 3.05) is 6.61 Å². The predicted molar refractivity (Wildman–Crippen MR) is 104 cm³/mol. The van der Waals surface area contributed by atoms with E-state index in [-0.39, 0.29) is 24.5 Å². The molecule has 4 heteroatoms. The number of para-hydroxylation sites is 1. The van der Waals surface area contributed by atoms with Gasteiger partial charge in [-0.25, -0.2) is 0 Å². The smallest absolute Gasteiger partial charge is 0.220 e. The van der Waals surface area contributed by atoms with Crippen molar-refractivity contribution >= 4 is 16.8 Å². The molecule has 1 aromatic carbocycles. The maximum absolute atomic E-state index is 12.2. The minimum absolute atomic E-state index is 0.00260. The molecule has 2 rings (SSSR count). The van der Waals surface area contributed by atoms with Gasteiger partial charge in [0, 0.05) is 29.6 Å². The van der Waals surface area contributed by atoms with Gasteiger partial charge in [0.05, 0.1) is 12.6 Å². The molecule has 138 valence electrons. The maximum Gasteiger partial charge on any atom is 0.220 e. The number of carbonyl (C=O) groups is 1. The van der Waals surface area contributed by atoms with Crippen molar-refractivity contribution in [2.45, 2.75) is 65.5 Å². The molecule has 0 bridgehead atoms. The van der Waals surface area contributed by atoms with Crippen molar-refractivity contribution in [3.05, 3.63) is 36.0 Å². The van der Waals surface area contributed by atoms with Crippen LogP contribution in [-0.2, 0) is 11.2 Å². The molecule has 0 radical (unpaired) electrons. The summed E-state index contributed by atoms with van der Waals surface area (Å²) < 4.78 is 2.30.